The predicted molar refractivity (Wildman–Crippen MR) is 94.7 cm³/mol. The summed E-state index contributed by atoms with van der Waals surface area (Å²) >= 11 is 0. The van der Waals surface area contributed by atoms with E-state index in [0.717, 1.165) is 0 Å². The summed E-state index contributed by atoms with van der Waals surface area (Å²) in [6.07, 6.45) is 0.296. The highest BCUT2D eigenvalue weighted by Crippen LogP contribution is 2.20. The lowest BCUT2D eigenvalue weighted by Crippen LogP contribution is -2.43. The number of carbonyl (C=O) groups is 3. The maximum Gasteiger partial charge on any atom is 0.375 e. The summed E-state index contributed by atoms with van der Waals surface area (Å²) in [6.45, 7) is 7.93. The molecule has 0 aliphatic carbocycles. The number of ether oxygens (including phenoxy) is 2. The molecule has 0 aliphatic heterocycles. The van der Waals surface area contributed by atoms with E-state index in [1.54, 1.807) is 13.8 Å². The van der Waals surface area contributed by atoms with E-state index >= 15 is 0 Å². The highest BCUT2D eigenvalue weighted by Gasteiger charge is 2.36. The van der Waals surface area contributed by atoms with Gasteiger partial charge in [0.15, 0.2) is 0 Å². The number of Topliss-reactive ketones (excluding diaryl/α,β-unsaturated/α-hetero) is 1. The van der Waals surface area contributed by atoms with Gasteiger partial charge in [0, 0.05) is 0 Å². The molecule has 6 heteroatoms. The first kappa shape index (κ1) is 20.1. The maximum atomic E-state index is 12.2. The number of esters is 2. The van der Waals surface area contributed by atoms with Crippen molar-refractivity contribution >= 4 is 31.0 Å². The van der Waals surface area contributed by atoms with Crippen molar-refractivity contribution in [1.29, 1.82) is 0 Å². The first-order valence-electron chi connectivity index (χ1n) is 8.26. The van der Waals surface area contributed by atoms with Gasteiger partial charge < -0.3 is 9.47 Å². The van der Waals surface area contributed by atoms with Gasteiger partial charge in [0.25, 0.3) is 5.78 Å². The molecule has 0 saturated carbocycles. The number of hydrogen-bond donors (Lipinski definition) is 0. The van der Waals surface area contributed by atoms with E-state index in [9.17, 15) is 14.4 Å². The summed E-state index contributed by atoms with van der Waals surface area (Å²) < 4.78 is 9.72. The Labute approximate surface area is 144 Å². The molecule has 1 atom stereocenters. The van der Waals surface area contributed by atoms with E-state index in [0.29, 0.717) is 12.5 Å². The standard InChI is InChI=1S/C18H26O5Si/c1-5-22-17(20)15(16(19)18(21)23-6-2)12-13-24(3,4)14-10-8-7-9-11-14/h7-11,15H,5-6,12-13H2,1-4H3. The van der Waals surface area contributed by atoms with E-state index in [1.165, 1.54) is 5.19 Å². The molecule has 1 aromatic carbocycles. The molecule has 1 rings (SSSR count). The van der Waals surface area contributed by atoms with Gasteiger partial charge in [0.05, 0.1) is 21.3 Å². The lowest BCUT2D eigenvalue weighted by atomic mass is 10.0. The van der Waals surface area contributed by atoms with Gasteiger partial charge in [-0.15, -0.1) is 0 Å². The number of benzene rings is 1. The van der Waals surface area contributed by atoms with Gasteiger partial charge in [0.1, 0.15) is 5.92 Å². The van der Waals surface area contributed by atoms with Crippen molar-refractivity contribution in [2.75, 3.05) is 13.2 Å². The fourth-order valence-electron chi connectivity index (χ4n) is 2.48. The lowest BCUT2D eigenvalue weighted by Gasteiger charge is -2.24. The maximum absolute atomic E-state index is 12.2. The zero-order chi connectivity index (χ0) is 18.2. The van der Waals surface area contributed by atoms with E-state index in [-0.39, 0.29) is 13.2 Å². The molecule has 0 heterocycles. The van der Waals surface area contributed by atoms with Crippen molar-refractivity contribution in [2.24, 2.45) is 5.92 Å². The Kier molecular flexibility index (Phi) is 7.84. The highest BCUT2D eigenvalue weighted by atomic mass is 28.3. The van der Waals surface area contributed by atoms with Crippen LogP contribution in [0, 0.1) is 5.92 Å². The van der Waals surface area contributed by atoms with Crippen LogP contribution in [0.4, 0.5) is 0 Å². The Morgan fingerprint density at radius 3 is 2.12 bits per heavy atom. The van der Waals surface area contributed by atoms with E-state index < -0.39 is 31.7 Å². The molecule has 1 aromatic rings. The zero-order valence-corrected chi connectivity index (χ0v) is 15.8. The minimum atomic E-state index is -1.82. The van der Waals surface area contributed by atoms with Crippen LogP contribution in [0.2, 0.25) is 19.1 Å². The van der Waals surface area contributed by atoms with Crippen molar-refractivity contribution in [3.05, 3.63) is 30.3 Å². The summed E-state index contributed by atoms with van der Waals surface area (Å²) in [7, 11) is -1.82. The van der Waals surface area contributed by atoms with Crippen LogP contribution in [-0.4, -0.2) is 39.0 Å². The Morgan fingerprint density at radius 1 is 1.00 bits per heavy atom. The van der Waals surface area contributed by atoms with Crippen molar-refractivity contribution in [3.63, 3.8) is 0 Å². The molecule has 1 unspecified atom stereocenters. The van der Waals surface area contributed by atoms with Crippen LogP contribution in [0.25, 0.3) is 0 Å². The van der Waals surface area contributed by atoms with Crippen LogP contribution in [0.1, 0.15) is 20.3 Å². The molecule has 0 radical (unpaired) electrons. The van der Waals surface area contributed by atoms with E-state index in [1.807, 2.05) is 18.2 Å². The fourth-order valence-corrected chi connectivity index (χ4v) is 4.88. The number of ketones is 1. The van der Waals surface area contributed by atoms with Gasteiger partial charge in [-0.1, -0.05) is 54.7 Å². The third kappa shape index (κ3) is 5.60. The summed E-state index contributed by atoms with van der Waals surface area (Å²) in [6, 6.07) is 10.8. The molecule has 24 heavy (non-hydrogen) atoms. The quantitative estimate of drug-likeness (QED) is 0.296. The first-order valence-corrected chi connectivity index (χ1v) is 11.5. The molecular weight excluding hydrogens is 324 g/mol. The highest BCUT2D eigenvalue weighted by molar-refractivity contribution is 6.89. The molecule has 0 spiro atoms. The van der Waals surface area contributed by atoms with Gasteiger partial charge in [-0.2, -0.15) is 0 Å². The van der Waals surface area contributed by atoms with E-state index in [4.69, 9.17) is 9.47 Å². The topological polar surface area (TPSA) is 69.7 Å². The monoisotopic (exact) mass is 350 g/mol. The van der Waals surface area contributed by atoms with Crippen molar-refractivity contribution < 1.29 is 23.9 Å². The summed E-state index contributed by atoms with van der Waals surface area (Å²) in [4.78, 5) is 36.1. The number of carbonyl (C=O) groups excluding carboxylic acids is 3. The largest absolute Gasteiger partial charge is 0.465 e. The summed E-state index contributed by atoms with van der Waals surface area (Å²) in [5.74, 6) is -3.50. The number of hydrogen-bond acceptors (Lipinski definition) is 5. The summed E-state index contributed by atoms with van der Waals surface area (Å²) in [5.41, 5.74) is 0. The Morgan fingerprint density at radius 2 is 1.58 bits per heavy atom. The average Bonchev–Trinajstić information content (AvgIpc) is 2.56. The average molecular weight is 350 g/mol. The van der Waals surface area contributed by atoms with Crippen LogP contribution in [-0.2, 0) is 23.9 Å². The lowest BCUT2D eigenvalue weighted by molar-refractivity contribution is -0.162. The third-order valence-corrected chi connectivity index (χ3v) is 7.41. The second-order valence-electron chi connectivity index (χ2n) is 6.18. The normalized spacial score (nSPS) is 12.3. The Balaban J connectivity index is 2.87. The molecule has 0 aromatic heterocycles. The van der Waals surface area contributed by atoms with E-state index in [2.05, 4.69) is 25.2 Å². The predicted octanol–water partition coefficient (Wildman–Crippen LogP) is 2.30. The van der Waals surface area contributed by atoms with Gasteiger partial charge >= 0.3 is 11.9 Å². The van der Waals surface area contributed by atoms with Crippen LogP contribution in [0.5, 0.6) is 0 Å². The van der Waals surface area contributed by atoms with Crippen molar-refractivity contribution in [1.82, 2.24) is 0 Å². The SMILES string of the molecule is CCOC(=O)C(=O)C(CC[Si](C)(C)c1ccccc1)C(=O)OCC. The second kappa shape index (κ2) is 9.37. The van der Waals surface area contributed by atoms with Crippen molar-refractivity contribution in [2.45, 2.75) is 39.4 Å². The minimum absolute atomic E-state index is 0.102. The van der Waals surface area contributed by atoms with Gasteiger partial charge in [0.2, 0.25) is 0 Å². The molecular formula is C18H26O5Si. The molecule has 0 fully saturated rings. The summed E-state index contributed by atoms with van der Waals surface area (Å²) in [5, 5.41) is 1.25. The zero-order valence-electron chi connectivity index (χ0n) is 14.8. The van der Waals surface area contributed by atoms with Gasteiger partial charge in [-0.25, -0.2) is 4.79 Å². The van der Waals surface area contributed by atoms with Crippen LogP contribution in [0.3, 0.4) is 0 Å². The molecule has 0 bridgehead atoms. The Hall–Kier alpha value is -1.95. The number of rotatable bonds is 9. The Bertz CT molecular complexity index is 568. The van der Waals surface area contributed by atoms with Crippen LogP contribution >= 0.6 is 0 Å². The molecule has 5 nitrogen and oxygen atoms in total. The second-order valence-corrected chi connectivity index (χ2v) is 11.0. The van der Waals surface area contributed by atoms with Crippen LogP contribution < -0.4 is 5.19 Å². The fraction of sp³-hybridized carbons (Fsp3) is 0.500. The molecule has 0 amide bonds. The molecule has 0 aliphatic rings. The third-order valence-electron chi connectivity index (χ3n) is 3.98. The smallest absolute Gasteiger partial charge is 0.375 e. The van der Waals surface area contributed by atoms with Crippen LogP contribution in [0.15, 0.2) is 30.3 Å². The van der Waals surface area contributed by atoms with Crippen molar-refractivity contribution in [3.8, 4) is 0 Å². The minimum Gasteiger partial charge on any atom is -0.465 e. The van der Waals surface area contributed by atoms with Gasteiger partial charge in [-0.05, 0) is 20.3 Å². The van der Waals surface area contributed by atoms with Gasteiger partial charge in [-0.3, -0.25) is 9.59 Å². The molecule has 0 saturated heterocycles. The molecule has 0 N–H and O–H groups in total. The molecule has 132 valence electrons. The first-order chi connectivity index (χ1) is 11.3.